The van der Waals surface area contributed by atoms with Crippen molar-refractivity contribution in [3.05, 3.63) is 0 Å². The molecule has 1 fully saturated rings. The Morgan fingerprint density at radius 2 is 2.00 bits per heavy atom. The fourth-order valence-corrected chi connectivity index (χ4v) is 2.39. The second kappa shape index (κ2) is 8.93. The molecule has 1 atom stereocenters. The topological polar surface area (TPSA) is 64.9 Å². The van der Waals surface area contributed by atoms with E-state index in [1.165, 1.54) is 25.7 Å². The lowest BCUT2D eigenvalue weighted by Crippen LogP contribution is -2.40. The lowest BCUT2D eigenvalue weighted by molar-refractivity contribution is -0.121. The molecule has 0 heterocycles. The maximum atomic E-state index is 11.6. The van der Waals surface area contributed by atoms with Crippen LogP contribution in [0.15, 0.2) is 0 Å². The van der Waals surface area contributed by atoms with Crippen LogP contribution in [0.4, 0.5) is 0 Å². The van der Waals surface area contributed by atoms with Gasteiger partial charge in [0.1, 0.15) is 6.04 Å². The Labute approximate surface area is 110 Å². The minimum atomic E-state index is -0.343. The molecule has 1 amide bonds. The smallest absolute Gasteiger partial charge is 0.222 e. The van der Waals surface area contributed by atoms with E-state index in [0.717, 1.165) is 19.3 Å². The van der Waals surface area contributed by atoms with Crippen molar-refractivity contribution in [1.82, 2.24) is 10.6 Å². The van der Waals surface area contributed by atoms with Crippen molar-refractivity contribution in [2.45, 2.75) is 70.4 Å². The van der Waals surface area contributed by atoms with Gasteiger partial charge in [-0.2, -0.15) is 5.26 Å². The van der Waals surface area contributed by atoms with Gasteiger partial charge < -0.3 is 5.32 Å². The van der Waals surface area contributed by atoms with Gasteiger partial charge in [0, 0.05) is 12.6 Å². The minimum Gasteiger partial charge on any atom is -0.356 e. The van der Waals surface area contributed by atoms with Gasteiger partial charge >= 0.3 is 0 Å². The van der Waals surface area contributed by atoms with E-state index >= 15 is 0 Å². The Morgan fingerprint density at radius 1 is 1.33 bits per heavy atom. The molecule has 0 bridgehead atoms. The van der Waals surface area contributed by atoms with E-state index < -0.39 is 0 Å². The molecule has 0 radical (unpaired) electrons. The van der Waals surface area contributed by atoms with Crippen molar-refractivity contribution in [1.29, 1.82) is 5.26 Å². The molecule has 1 aliphatic rings. The fraction of sp³-hybridized carbons (Fsp3) is 0.857. The highest BCUT2D eigenvalue weighted by atomic mass is 16.1. The van der Waals surface area contributed by atoms with Crippen LogP contribution in [0.1, 0.15) is 58.3 Å². The first kappa shape index (κ1) is 15.0. The zero-order valence-electron chi connectivity index (χ0n) is 11.4. The molecule has 0 spiro atoms. The summed E-state index contributed by atoms with van der Waals surface area (Å²) in [5, 5.41) is 15.3. The molecule has 1 saturated carbocycles. The van der Waals surface area contributed by atoms with E-state index in [1.54, 1.807) is 0 Å². The first-order chi connectivity index (χ1) is 8.76. The van der Waals surface area contributed by atoms with E-state index in [1.807, 2.05) is 6.92 Å². The molecule has 2 N–H and O–H groups in total. The van der Waals surface area contributed by atoms with Gasteiger partial charge in [0.25, 0.3) is 0 Å². The molecule has 4 heteroatoms. The number of amides is 1. The maximum absolute atomic E-state index is 11.6. The second-order valence-electron chi connectivity index (χ2n) is 5.09. The van der Waals surface area contributed by atoms with Crippen molar-refractivity contribution in [2.75, 3.05) is 6.54 Å². The number of nitrogens with zero attached hydrogens (tertiary/aromatic N) is 1. The third-order valence-electron chi connectivity index (χ3n) is 3.41. The molecule has 0 aliphatic heterocycles. The molecule has 1 aliphatic carbocycles. The maximum Gasteiger partial charge on any atom is 0.222 e. The van der Waals surface area contributed by atoms with Crippen molar-refractivity contribution in [3.63, 3.8) is 0 Å². The lowest BCUT2D eigenvalue weighted by Gasteiger charge is -2.20. The number of hydrogen-bond acceptors (Lipinski definition) is 3. The van der Waals surface area contributed by atoms with E-state index in [9.17, 15) is 4.79 Å². The van der Waals surface area contributed by atoms with Gasteiger partial charge in [0.2, 0.25) is 5.91 Å². The Balaban J connectivity index is 2.31. The summed E-state index contributed by atoms with van der Waals surface area (Å²) in [5.74, 6) is -0.0236. The molecule has 4 nitrogen and oxygen atoms in total. The molecule has 18 heavy (non-hydrogen) atoms. The van der Waals surface area contributed by atoms with Crippen molar-refractivity contribution < 1.29 is 4.79 Å². The zero-order valence-corrected chi connectivity index (χ0v) is 11.4. The minimum absolute atomic E-state index is 0.0236. The summed E-state index contributed by atoms with van der Waals surface area (Å²) < 4.78 is 0. The number of rotatable bonds is 6. The molecule has 0 aromatic carbocycles. The van der Waals surface area contributed by atoms with Crippen molar-refractivity contribution in [3.8, 4) is 6.07 Å². The molecular formula is C14H25N3O. The predicted octanol–water partition coefficient (Wildman–Crippen LogP) is 2.11. The lowest BCUT2D eigenvalue weighted by atomic mass is 10.1. The number of carbonyl (C=O) groups is 1. The highest BCUT2D eigenvalue weighted by molar-refractivity contribution is 5.76. The van der Waals surface area contributed by atoms with Crippen LogP contribution < -0.4 is 10.6 Å². The molecule has 0 aromatic rings. The number of nitriles is 1. The number of nitrogens with one attached hydrogen (secondary N) is 2. The van der Waals surface area contributed by atoms with Crippen LogP contribution >= 0.6 is 0 Å². The summed E-state index contributed by atoms with van der Waals surface area (Å²) in [5.41, 5.74) is 0. The van der Waals surface area contributed by atoms with Crippen molar-refractivity contribution >= 4 is 5.91 Å². The fourth-order valence-electron chi connectivity index (χ4n) is 2.39. The van der Waals surface area contributed by atoms with E-state index in [2.05, 4.69) is 16.7 Å². The van der Waals surface area contributed by atoms with E-state index in [4.69, 9.17) is 5.26 Å². The Bertz CT molecular complexity index is 277. The highest BCUT2D eigenvalue weighted by Crippen LogP contribution is 2.17. The zero-order chi connectivity index (χ0) is 13.2. The monoisotopic (exact) mass is 251 g/mol. The number of hydrogen-bond donors (Lipinski definition) is 2. The van der Waals surface area contributed by atoms with Gasteiger partial charge in [-0.1, -0.05) is 32.6 Å². The average Bonchev–Trinajstić information content (AvgIpc) is 2.64. The van der Waals surface area contributed by atoms with Gasteiger partial charge in [0.05, 0.1) is 12.5 Å². The van der Waals surface area contributed by atoms with Crippen LogP contribution in [-0.4, -0.2) is 24.5 Å². The van der Waals surface area contributed by atoms with Gasteiger partial charge in [-0.15, -0.1) is 0 Å². The highest BCUT2D eigenvalue weighted by Gasteiger charge is 2.18. The second-order valence-corrected chi connectivity index (χ2v) is 5.09. The van der Waals surface area contributed by atoms with Gasteiger partial charge in [-0.05, 0) is 19.3 Å². The van der Waals surface area contributed by atoms with Gasteiger partial charge in [0.15, 0.2) is 0 Å². The predicted molar refractivity (Wildman–Crippen MR) is 71.9 cm³/mol. The third kappa shape index (κ3) is 6.02. The summed E-state index contributed by atoms with van der Waals surface area (Å²) >= 11 is 0. The molecule has 0 saturated heterocycles. The molecular weight excluding hydrogens is 226 g/mol. The normalized spacial score (nSPS) is 18.7. The molecule has 0 aromatic heterocycles. The third-order valence-corrected chi connectivity index (χ3v) is 3.41. The summed E-state index contributed by atoms with van der Waals surface area (Å²) in [7, 11) is 0. The van der Waals surface area contributed by atoms with Crippen LogP contribution in [0.5, 0.6) is 0 Å². The first-order valence-corrected chi connectivity index (χ1v) is 7.18. The molecule has 1 rings (SSSR count). The standard InChI is InChI=1S/C14H25N3O/c1-2-9-16-14(18)10-13(11-15)17-12-7-5-3-4-6-8-12/h12-13,17H,2-10H2,1H3,(H,16,18). The summed E-state index contributed by atoms with van der Waals surface area (Å²) in [6.07, 6.45) is 8.53. The van der Waals surface area contributed by atoms with Crippen LogP contribution in [0.3, 0.4) is 0 Å². The van der Waals surface area contributed by atoms with Crippen molar-refractivity contribution in [2.24, 2.45) is 0 Å². The summed E-state index contributed by atoms with van der Waals surface area (Å²) in [6.45, 7) is 2.71. The molecule has 1 unspecified atom stereocenters. The van der Waals surface area contributed by atoms with E-state index in [-0.39, 0.29) is 18.4 Å². The van der Waals surface area contributed by atoms with Crippen LogP contribution in [0.2, 0.25) is 0 Å². The Kier molecular flexibility index (Phi) is 7.43. The van der Waals surface area contributed by atoms with Crippen LogP contribution in [-0.2, 0) is 4.79 Å². The van der Waals surface area contributed by atoms with Gasteiger partial charge in [-0.3, -0.25) is 10.1 Å². The number of carbonyl (C=O) groups excluding carboxylic acids is 1. The quantitative estimate of drug-likeness (QED) is 0.711. The Morgan fingerprint density at radius 3 is 2.56 bits per heavy atom. The largest absolute Gasteiger partial charge is 0.356 e. The Hall–Kier alpha value is -1.08. The SMILES string of the molecule is CCCNC(=O)CC(C#N)NC1CCCCCC1. The summed E-state index contributed by atoms with van der Waals surface area (Å²) in [6, 6.07) is 2.28. The first-order valence-electron chi connectivity index (χ1n) is 7.18. The average molecular weight is 251 g/mol. The van der Waals surface area contributed by atoms with Crippen LogP contribution in [0, 0.1) is 11.3 Å². The summed E-state index contributed by atoms with van der Waals surface area (Å²) in [4.78, 5) is 11.6. The van der Waals surface area contributed by atoms with Gasteiger partial charge in [-0.25, -0.2) is 0 Å². The van der Waals surface area contributed by atoms with E-state index in [0.29, 0.717) is 12.6 Å². The molecule has 102 valence electrons. The van der Waals surface area contributed by atoms with Crippen LogP contribution in [0.25, 0.3) is 0 Å².